The quantitative estimate of drug-likeness (QED) is 0.589. The van der Waals surface area contributed by atoms with Gasteiger partial charge in [0.2, 0.25) is 0 Å². The molecular weight excluding hydrogens is 248 g/mol. The van der Waals surface area contributed by atoms with Crippen molar-refractivity contribution in [2.24, 2.45) is 0 Å². The van der Waals surface area contributed by atoms with Crippen molar-refractivity contribution < 1.29 is 29.4 Å². The molecule has 15 heavy (non-hydrogen) atoms. The fourth-order valence-electron chi connectivity index (χ4n) is 0.777. The van der Waals surface area contributed by atoms with Gasteiger partial charge in [-0.05, 0) is 13.8 Å². The Hall–Kier alpha value is -0.0600. The summed E-state index contributed by atoms with van der Waals surface area (Å²) in [6.45, 7) is 4.03. The average Bonchev–Trinajstić information content (AvgIpc) is 2.59. The molecule has 7 nitrogen and oxygen atoms in total. The fourth-order valence-corrected chi connectivity index (χ4v) is 2.33. The summed E-state index contributed by atoms with van der Waals surface area (Å²) in [5.74, 6) is 0. The molecule has 0 aliphatic carbocycles. The molecule has 0 bridgehead atoms. The summed E-state index contributed by atoms with van der Waals surface area (Å²) in [6.07, 6.45) is -0.319. The third kappa shape index (κ3) is 5.00. The average molecular weight is 260 g/mol. The highest BCUT2D eigenvalue weighted by Gasteiger charge is 2.25. The lowest BCUT2D eigenvalue weighted by Gasteiger charge is -1.89. The predicted molar refractivity (Wildman–Crippen MR) is 50.1 cm³/mol. The van der Waals surface area contributed by atoms with Gasteiger partial charge in [-0.2, -0.15) is 12.6 Å². The molecule has 3 unspecified atom stereocenters. The Kier molecular flexibility index (Phi) is 4.62. The van der Waals surface area contributed by atoms with Gasteiger partial charge in [-0.25, -0.2) is 8.37 Å². The lowest BCUT2D eigenvalue weighted by Crippen LogP contribution is -2.02. The Morgan fingerprint density at radius 3 is 2.00 bits per heavy atom. The molecule has 90 valence electrons. The highest BCUT2D eigenvalue weighted by Crippen LogP contribution is 2.10. The fraction of sp³-hybridized carbons (Fsp3) is 1.00. The van der Waals surface area contributed by atoms with Crippen LogP contribution in [0, 0.1) is 0 Å². The molecule has 0 amide bonds. The zero-order chi connectivity index (χ0) is 11.5. The molecule has 0 radical (unpaired) electrons. The Morgan fingerprint density at radius 2 is 1.87 bits per heavy atom. The summed E-state index contributed by atoms with van der Waals surface area (Å²) in [6, 6.07) is 0. The first-order valence-electron chi connectivity index (χ1n) is 4.19. The molecule has 3 atom stereocenters. The third-order valence-electron chi connectivity index (χ3n) is 1.37. The molecular formula is C6H12O7S2. The van der Waals surface area contributed by atoms with Crippen LogP contribution in [0.5, 0.6) is 0 Å². The van der Waals surface area contributed by atoms with Crippen LogP contribution in [0.3, 0.4) is 0 Å². The molecule has 2 saturated heterocycles. The van der Waals surface area contributed by atoms with Crippen LogP contribution in [0.4, 0.5) is 0 Å². The Bertz CT molecular complexity index is 324. The molecule has 2 rings (SSSR count). The molecule has 2 heterocycles. The second-order valence-electron chi connectivity index (χ2n) is 3.00. The Balaban J connectivity index is 0.000000151. The van der Waals surface area contributed by atoms with E-state index in [-0.39, 0.29) is 18.8 Å². The molecule has 9 heteroatoms. The number of rotatable bonds is 0. The van der Waals surface area contributed by atoms with E-state index in [1.807, 2.05) is 6.92 Å². The first-order valence-corrected chi connectivity index (χ1v) is 6.52. The standard InChI is InChI=1S/C3H6O4S.C3H6O3S/c1-3-2-6-8(4,5)7-3;1-3-2-5-7(4)6-3/h3H,2H2,1H3;3H,2H2,1H3. The van der Waals surface area contributed by atoms with E-state index in [1.54, 1.807) is 6.92 Å². The molecule has 0 aromatic heterocycles. The minimum atomic E-state index is -3.60. The second-order valence-corrected chi connectivity index (χ2v) is 5.08. The van der Waals surface area contributed by atoms with Crippen molar-refractivity contribution in [1.82, 2.24) is 0 Å². The zero-order valence-electron chi connectivity index (χ0n) is 8.24. The van der Waals surface area contributed by atoms with Crippen LogP contribution >= 0.6 is 0 Å². The molecule has 0 aromatic rings. The summed E-state index contributed by atoms with van der Waals surface area (Å²) in [7, 11) is -3.60. The van der Waals surface area contributed by atoms with Crippen molar-refractivity contribution in [3.63, 3.8) is 0 Å². The monoisotopic (exact) mass is 260 g/mol. The lowest BCUT2D eigenvalue weighted by molar-refractivity contribution is 0.258. The van der Waals surface area contributed by atoms with E-state index in [0.29, 0.717) is 6.61 Å². The normalized spacial score (nSPS) is 38.4. The summed E-state index contributed by atoms with van der Waals surface area (Å²) in [4.78, 5) is 0. The maximum absolute atomic E-state index is 10.2. The molecule has 2 aliphatic heterocycles. The largest absolute Gasteiger partial charge is 0.400 e. The number of hydrogen-bond donors (Lipinski definition) is 0. The van der Waals surface area contributed by atoms with Crippen LogP contribution in [-0.4, -0.2) is 38.0 Å². The van der Waals surface area contributed by atoms with E-state index in [2.05, 4.69) is 16.7 Å². The highest BCUT2D eigenvalue weighted by atomic mass is 32.3. The van der Waals surface area contributed by atoms with Gasteiger partial charge < -0.3 is 0 Å². The maximum Gasteiger partial charge on any atom is 0.400 e. The van der Waals surface area contributed by atoms with Gasteiger partial charge in [0.25, 0.3) is 0 Å². The zero-order valence-corrected chi connectivity index (χ0v) is 9.88. The minimum Gasteiger partial charge on any atom is -0.266 e. The molecule has 0 aromatic carbocycles. The van der Waals surface area contributed by atoms with E-state index < -0.39 is 21.8 Å². The second kappa shape index (κ2) is 5.32. The summed E-state index contributed by atoms with van der Waals surface area (Å²) < 4.78 is 48.1. The van der Waals surface area contributed by atoms with Crippen LogP contribution in [-0.2, 0) is 38.5 Å². The smallest absolute Gasteiger partial charge is 0.266 e. The number of hydrogen-bond acceptors (Lipinski definition) is 7. The lowest BCUT2D eigenvalue weighted by atomic mass is 10.5. The predicted octanol–water partition coefficient (Wildman–Crippen LogP) is -0.333. The van der Waals surface area contributed by atoms with Gasteiger partial charge in [0.1, 0.15) is 6.10 Å². The van der Waals surface area contributed by atoms with Gasteiger partial charge in [0, 0.05) is 0 Å². The first kappa shape index (κ1) is 13.0. The van der Waals surface area contributed by atoms with Crippen LogP contribution in [0.15, 0.2) is 0 Å². The summed E-state index contributed by atoms with van der Waals surface area (Å²) >= 11 is -1.45. The van der Waals surface area contributed by atoms with Crippen LogP contribution in [0.2, 0.25) is 0 Å². The van der Waals surface area contributed by atoms with E-state index in [9.17, 15) is 12.6 Å². The van der Waals surface area contributed by atoms with Crippen LogP contribution < -0.4 is 0 Å². The topological polar surface area (TPSA) is 88.1 Å². The van der Waals surface area contributed by atoms with Gasteiger partial charge in [-0.1, -0.05) is 0 Å². The van der Waals surface area contributed by atoms with Gasteiger partial charge in [-0.3, -0.25) is 8.37 Å². The van der Waals surface area contributed by atoms with Crippen molar-refractivity contribution >= 4 is 21.8 Å². The molecule has 0 N–H and O–H groups in total. The van der Waals surface area contributed by atoms with Gasteiger partial charge in [-0.15, -0.1) is 0 Å². The van der Waals surface area contributed by atoms with E-state index in [1.165, 1.54) is 0 Å². The van der Waals surface area contributed by atoms with Gasteiger partial charge in [0.15, 0.2) is 0 Å². The van der Waals surface area contributed by atoms with Crippen LogP contribution in [0.1, 0.15) is 13.8 Å². The first-order chi connectivity index (χ1) is 6.89. The van der Waals surface area contributed by atoms with Crippen molar-refractivity contribution in [3.8, 4) is 0 Å². The van der Waals surface area contributed by atoms with E-state index in [0.717, 1.165) is 0 Å². The van der Waals surface area contributed by atoms with Gasteiger partial charge in [0.05, 0.1) is 19.3 Å². The Labute approximate surface area is 90.8 Å². The highest BCUT2D eigenvalue weighted by molar-refractivity contribution is 7.82. The SMILES string of the molecule is CC1COS(=O)(=O)O1.CC1COS(=O)O1. The molecule has 2 aliphatic rings. The minimum absolute atomic E-state index is 0.000772. The maximum atomic E-state index is 10.2. The Morgan fingerprint density at radius 1 is 1.20 bits per heavy atom. The molecule has 2 fully saturated rings. The van der Waals surface area contributed by atoms with Crippen molar-refractivity contribution in [3.05, 3.63) is 0 Å². The molecule has 0 spiro atoms. The van der Waals surface area contributed by atoms with E-state index in [4.69, 9.17) is 0 Å². The summed E-state index contributed by atoms with van der Waals surface area (Å²) in [5, 5.41) is 0. The van der Waals surface area contributed by atoms with Gasteiger partial charge >= 0.3 is 21.8 Å². The van der Waals surface area contributed by atoms with Crippen molar-refractivity contribution in [1.29, 1.82) is 0 Å². The van der Waals surface area contributed by atoms with Crippen molar-refractivity contribution in [2.75, 3.05) is 13.2 Å². The van der Waals surface area contributed by atoms with Crippen LogP contribution in [0.25, 0.3) is 0 Å². The third-order valence-corrected chi connectivity index (χ3v) is 3.17. The summed E-state index contributed by atoms with van der Waals surface area (Å²) in [5.41, 5.74) is 0. The van der Waals surface area contributed by atoms with E-state index >= 15 is 0 Å². The molecule has 0 saturated carbocycles. The van der Waals surface area contributed by atoms with Crippen molar-refractivity contribution in [2.45, 2.75) is 26.1 Å².